The second-order valence-corrected chi connectivity index (χ2v) is 8.42. The van der Waals surface area contributed by atoms with Crippen molar-refractivity contribution in [3.05, 3.63) is 44.1 Å². The summed E-state index contributed by atoms with van der Waals surface area (Å²) in [4.78, 5) is 24.0. The minimum absolute atomic E-state index is 0.0283. The highest BCUT2D eigenvalue weighted by molar-refractivity contribution is 7.91. The van der Waals surface area contributed by atoms with Crippen LogP contribution in [0.1, 0.15) is 20.0 Å². The summed E-state index contributed by atoms with van der Waals surface area (Å²) in [7, 11) is -2.51. The minimum Gasteiger partial charge on any atom is -0.465 e. The lowest BCUT2D eigenvalue weighted by molar-refractivity contribution is 0.0607. The summed E-state index contributed by atoms with van der Waals surface area (Å²) in [6.07, 6.45) is 0.974. The van der Waals surface area contributed by atoms with Crippen LogP contribution in [0.15, 0.2) is 28.5 Å². The van der Waals surface area contributed by atoms with Gasteiger partial charge in [0.25, 0.3) is 5.91 Å². The van der Waals surface area contributed by atoms with Crippen LogP contribution in [0.25, 0.3) is 0 Å². The van der Waals surface area contributed by atoms with E-state index in [0.717, 1.165) is 24.7 Å². The zero-order valence-corrected chi connectivity index (χ0v) is 15.6. The Morgan fingerprint density at radius 3 is 2.25 bits per heavy atom. The van der Waals surface area contributed by atoms with E-state index in [1.807, 2.05) is 0 Å². The fraction of sp³-hybridized carbons (Fsp3) is 0.143. The minimum atomic E-state index is -3.66. The monoisotopic (exact) mass is 407 g/mol. The Morgan fingerprint density at radius 1 is 1.17 bits per heavy atom. The van der Waals surface area contributed by atoms with Gasteiger partial charge in [0.15, 0.2) is 9.84 Å². The molecule has 1 amide bonds. The molecule has 10 heteroatoms. The molecule has 0 radical (unpaired) electrons. The number of esters is 1. The number of carbonyl (C=O) groups excluding carboxylic acids is 2. The van der Waals surface area contributed by atoms with Crippen LogP contribution >= 0.6 is 34.5 Å². The van der Waals surface area contributed by atoms with Gasteiger partial charge in [-0.25, -0.2) is 13.2 Å². The first-order valence-corrected chi connectivity index (χ1v) is 9.83. The van der Waals surface area contributed by atoms with Crippen LogP contribution < -0.4 is 5.32 Å². The first kappa shape index (κ1) is 18.7. The van der Waals surface area contributed by atoms with Crippen molar-refractivity contribution in [2.75, 3.05) is 18.7 Å². The summed E-state index contributed by atoms with van der Waals surface area (Å²) in [6, 6.07) is 4.19. The number of sulfone groups is 1. The van der Waals surface area contributed by atoms with Gasteiger partial charge in [-0.2, -0.15) is 0 Å². The predicted octanol–water partition coefficient (Wildman–Crippen LogP) is 3.50. The fourth-order valence-corrected chi connectivity index (χ4v) is 4.61. The van der Waals surface area contributed by atoms with Crippen LogP contribution in [0.5, 0.6) is 0 Å². The molecule has 1 aromatic carbocycles. The highest BCUT2D eigenvalue weighted by Gasteiger charge is 2.26. The third-order valence-electron chi connectivity index (χ3n) is 2.89. The van der Waals surface area contributed by atoms with Crippen molar-refractivity contribution in [2.45, 2.75) is 4.90 Å². The maximum Gasteiger partial charge on any atom is 0.350 e. The SMILES string of the molecule is COC(=O)c1scc(S(C)(=O)=O)c1NC(=O)c1cc(Cl)cc(Cl)c1. The van der Waals surface area contributed by atoms with E-state index in [4.69, 9.17) is 23.2 Å². The molecule has 6 nitrogen and oxygen atoms in total. The highest BCUT2D eigenvalue weighted by atomic mass is 35.5. The van der Waals surface area contributed by atoms with E-state index in [0.29, 0.717) is 0 Å². The first-order chi connectivity index (χ1) is 11.1. The summed E-state index contributed by atoms with van der Waals surface area (Å²) in [6.45, 7) is 0. The Hall–Kier alpha value is -1.61. The molecule has 0 spiro atoms. The van der Waals surface area contributed by atoms with E-state index in [9.17, 15) is 18.0 Å². The quantitative estimate of drug-likeness (QED) is 0.783. The number of amides is 1. The van der Waals surface area contributed by atoms with Crippen molar-refractivity contribution in [1.29, 1.82) is 0 Å². The molecule has 1 N–H and O–H groups in total. The molecule has 0 saturated carbocycles. The maximum atomic E-state index is 12.4. The average molecular weight is 408 g/mol. The van der Waals surface area contributed by atoms with Gasteiger partial charge in [-0.3, -0.25) is 4.79 Å². The lowest BCUT2D eigenvalue weighted by atomic mass is 10.2. The Bertz CT molecular complexity index is 901. The molecule has 1 aromatic heterocycles. The second kappa shape index (κ2) is 7.10. The molecule has 0 atom stereocenters. The molecule has 0 saturated heterocycles. The number of hydrogen-bond acceptors (Lipinski definition) is 6. The van der Waals surface area contributed by atoms with Crippen LogP contribution in [0, 0.1) is 0 Å². The Balaban J connectivity index is 2.49. The van der Waals surface area contributed by atoms with Gasteiger partial charge < -0.3 is 10.1 Å². The molecule has 0 aliphatic carbocycles. The van der Waals surface area contributed by atoms with Gasteiger partial charge in [-0.05, 0) is 18.2 Å². The zero-order chi connectivity index (χ0) is 18.1. The van der Waals surface area contributed by atoms with Crippen LogP contribution in [-0.4, -0.2) is 33.7 Å². The number of thiophene rings is 1. The smallest absolute Gasteiger partial charge is 0.350 e. The lowest BCUT2D eigenvalue weighted by Gasteiger charge is -2.09. The van der Waals surface area contributed by atoms with Gasteiger partial charge in [-0.15, -0.1) is 11.3 Å². The lowest BCUT2D eigenvalue weighted by Crippen LogP contribution is -2.16. The Kier molecular flexibility index (Phi) is 5.54. The molecular weight excluding hydrogens is 397 g/mol. The predicted molar refractivity (Wildman–Crippen MR) is 93.2 cm³/mol. The van der Waals surface area contributed by atoms with E-state index >= 15 is 0 Å². The molecule has 0 unspecified atom stereocenters. The van der Waals surface area contributed by atoms with Crippen LogP contribution in [0.4, 0.5) is 5.69 Å². The number of halogens is 2. The molecule has 0 bridgehead atoms. The fourth-order valence-electron chi connectivity index (χ4n) is 1.85. The van der Waals surface area contributed by atoms with Crippen molar-refractivity contribution in [2.24, 2.45) is 0 Å². The van der Waals surface area contributed by atoms with Gasteiger partial charge >= 0.3 is 5.97 Å². The summed E-state index contributed by atoms with van der Waals surface area (Å²) >= 11 is 12.6. The molecular formula is C14H11Cl2NO5S2. The molecule has 128 valence electrons. The van der Waals surface area contributed by atoms with Crippen molar-refractivity contribution in [3.63, 3.8) is 0 Å². The van der Waals surface area contributed by atoms with E-state index in [2.05, 4.69) is 10.1 Å². The third-order valence-corrected chi connectivity index (χ3v) is 5.56. The van der Waals surface area contributed by atoms with E-state index in [-0.39, 0.29) is 31.1 Å². The summed E-state index contributed by atoms with van der Waals surface area (Å²) in [5.41, 5.74) is -0.00980. The number of ether oxygens (including phenoxy) is 1. The van der Waals surface area contributed by atoms with E-state index in [1.54, 1.807) is 0 Å². The van der Waals surface area contributed by atoms with Gasteiger partial charge in [0.1, 0.15) is 9.77 Å². The average Bonchev–Trinajstić information content (AvgIpc) is 2.89. The number of methoxy groups -OCH3 is 1. The summed E-state index contributed by atoms with van der Waals surface area (Å²) < 4.78 is 28.3. The van der Waals surface area contributed by atoms with Gasteiger partial charge in [-0.1, -0.05) is 23.2 Å². The van der Waals surface area contributed by atoms with Gasteiger partial charge in [0.05, 0.1) is 12.8 Å². The molecule has 0 aliphatic rings. The number of rotatable bonds is 4. The number of anilines is 1. The van der Waals surface area contributed by atoms with Crippen molar-refractivity contribution in [3.8, 4) is 0 Å². The van der Waals surface area contributed by atoms with Gasteiger partial charge in [0.2, 0.25) is 0 Å². The van der Waals surface area contributed by atoms with Crippen molar-refractivity contribution in [1.82, 2.24) is 0 Å². The number of benzene rings is 1. The standard InChI is InChI=1S/C14H11Cl2NO5S2/c1-22-14(19)12-11(10(6-23-12)24(2,20)21)17-13(18)7-3-8(15)5-9(16)4-7/h3-6H,1-2H3,(H,17,18). The molecule has 24 heavy (non-hydrogen) atoms. The summed E-state index contributed by atoms with van der Waals surface area (Å²) in [5.74, 6) is -1.41. The zero-order valence-electron chi connectivity index (χ0n) is 12.4. The number of hydrogen-bond donors (Lipinski definition) is 1. The molecule has 1 heterocycles. The maximum absolute atomic E-state index is 12.4. The van der Waals surface area contributed by atoms with Gasteiger partial charge in [0, 0.05) is 27.2 Å². The molecule has 2 rings (SSSR count). The Morgan fingerprint density at radius 2 is 1.75 bits per heavy atom. The van der Waals surface area contributed by atoms with Crippen molar-refractivity contribution < 1.29 is 22.7 Å². The largest absolute Gasteiger partial charge is 0.465 e. The molecule has 0 aliphatic heterocycles. The number of carbonyl (C=O) groups is 2. The van der Waals surface area contributed by atoms with Crippen LogP contribution in [0.2, 0.25) is 10.0 Å². The topological polar surface area (TPSA) is 89.5 Å². The molecule has 2 aromatic rings. The second-order valence-electron chi connectivity index (χ2n) is 4.68. The first-order valence-electron chi connectivity index (χ1n) is 6.30. The van der Waals surface area contributed by atoms with E-state index < -0.39 is 21.7 Å². The summed E-state index contributed by atoms with van der Waals surface area (Å²) in [5, 5.41) is 4.18. The Labute approximate surface area is 152 Å². The third kappa shape index (κ3) is 4.07. The van der Waals surface area contributed by atoms with Crippen molar-refractivity contribution >= 4 is 61.9 Å². The molecule has 0 fully saturated rings. The van der Waals surface area contributed by atoms with Crippen LogP contribution in [-0.2, 0) is 14.6 Å². The van der Waals surface area contributed by atoms with E-state index in [1.165, 1.54) is 23.6 Å². The number of nitrogens with one attached hydrogen (secondary N) is 1. The van der Waals surface area contributed by atoms with Crippen LogP contribution in [0.3, 0.4) is 0 Å². The normalized spacial score (nSPS) is 11.2. The highest BCUT2D eigenvalue weighted by Crippen LogP contribution is 2.33.